The molecule has 1 N–H and O–H groups in total. The molecule has 2 aliphatic heterocycles. The molecule has 1 unspecified atom stereocenters. The first-order valence-corrected chi connectivity index (χ1v) is 11.3. The van der Waals surface area contributed by atoms with E-state index < -0.39 is 54.0 Å². The molecule has 2 aliphatic rings. The van der Waals surface area contributed by atoms with E-state index in [2.05, 4.69) is 19.7 Å². The van der Waals surface area contributed by atoms with E-state index in [1.54, 1.807) is 18.2 Å². The summed E-state index contributed by atoms with van der Waals surface area (Å²) in [5.74, 6) is -3.70. The third kappa shape index (κ3) is 3.55. The zero-order chi connectivity index (χ0) is 26.0. The number of ether oxygens (including phenoxy) is 2. The van der Waals surface area contributed by atoms with Crippen LogP contribution in [-0.4, -0.2) is 49.1 Å². The number of benzene rings is 2. The van der Waals surface area contributed by atoms with E-state index in [4.69, 9.17) is 4.74 Å². The lowest BCUT2D eigenvalue weighted by molar-refractivity contribution is -0.0522. The Morgan fingerprint density at radius 1 is 1.24 bits per heavy atom. The number of esters is 1. The van der Waals surface area contributed by atoms with E-state index in [-0.39, 0.29) is 28.8 Å². The van der Waals surface area contributed by atoms with Gasteiger partial charge < -0.3 is 19.1 Å². The van der Waals surface area contributed by atoms with Gasteiger partial charge in [0.05, 0.1) is 28.3 Å². The number of para-hydroxylation sites is 2. The van der Waals surface area contributed by atoms with E-state index in [9.17, 15) is 23.5 Å². The van der Waals surface area contributed by atoms with Crippen molar-refractivity contribution in [2.75, 3.05) is 0 Å². The summed E-state index contributed by atoms with van der Waals surface area (Å²) in [6.45, 7) is -2.15. The smallest absolute Gasteiger partial charge is 0.387 e. The number of fused-ring (bicyclic) bond motifs is 9. The maximum absolute atomic E-state index is 16.0. The highest BCUT2D eigenvalue weighted by molar-refractivity contribution is 5.97. The van der Waals surface area contributed by atoms with Gasteiger partial charge in [0, 0.05) is 23.7 Å². The van der Waals surface area contributed by atoms with E-state index in [1.807, 2.05) is 10.6 Å². The van der Waals surface area contributed by atoms with Gasteiger partial charge in [-0.1, -0.05) is 12.1 Å². The summed E-state index contributed by atoms with van der Waals surface area (Å²) in [7, 11) is 0. The molecule has 0 saturated heterocycles. The summed E-state index contributed by atoms with van der Waals surface area (Å²) in [6, 6.07) is 8.71. The standard InChI is InChI=1S/C25H17F3N4O5/c1-10(33)21(34)22-29-7-6-13(30-22)19-18-11(8-16(20(19)26)37-25(27)28)24(35)36-17-9-15(18)32-14-5-3-2-4-12(14)31-23(17)32/h2-8,10,15,17,25,33H,9H2,1H3/t10?,15-,17-/m1/s1. The molecular formula is C25H17F3N4O5. The minimum absolute atomic E-state index is 0.127. The topological polar surface area (TPSA) is 116 Å². The van der Waals surface area contributed by atoms with Crippen molar-refractivity contribution >= 4 is 22.8 Å². The van der Waals surface area contributed by atoms with Gasteiger partial charge in [-0.3, -0.25) is 4.79 Å². The van der Waals surface area contributed by atoms with Crippen LogP contribution in [0.4, 0.5) is 13.2 Å². The van der Waals surface area contributed by atoms with Crippen molar-refractivity contribution in [3.05, 3.63) is 71.2 Å². The highest BCUT2D eigenvalue weighted by Crippen LogP contribution is 2.50. The maximum Gasteiger partial charge on any atom is 0.387 e. The van der Waals surface area contributed by atoms with Crippen LogP contribution < -0.4 is 4.74 Å². The molecule has 0 amide bonds. The SMILES string of the molecule is CC(O)C(=O)c1nccc(-c2c(F)c(OC(F)F)cc3c2[C@H]2C[C@@H](OC3=O)c3nc4ccccc4n32)n1. The van der Waals surface area contributed by atoms with Crippen LogP contribution >= 0.6 is 0 Å². The molecule has 0 saturated carbocycles. The van der Waals surface area contributed by atoms with Crippen molar-refractivity contribution in [1.82, 2.24) is 19.5 Å². The summed E-state index contributed by atoms with van der Waals surface area (Å²) in [5, 5.41) is 9.69. The van der Waals surface area contributed by atoms with Crippen LogP contribution in [0.5, 0.6) is 5.75 Å². The Balaban J connectivity index is 1.66. The summed E-state index contributed by atoms with van der Waals surface area (Å²) in [4.78, 5) is 38.1. The number of rotatable bonds is 5. The molecule has 2 aromatic carbocycles. The lowest BCUT2D eigenvalue weighted by Gasteiger charge is -2.23. The van der Waals surface area contributed by atoms with Crippen LogP contribution in [0.2, 0.25) is 0 Å². The van der Waals surface area contributed by atoms with E-state index >= 15 is 4.39 Å². The Kier molecular flexibility index (Phi) is 5.23. The van der Waals surface area contributed by atoms with Gasteiger partial charge in [-0.15, -0.1) is 0 Å². The lowest BCUT2D eigenvalue weighted by atomic mass is 9.90. The molecule has 188 valence electrons. The molecule has 0 aliphatic carbocycles. The molecule has 4 heterocycles. The first kappa shape index (κ1) is 23.1. The van der Waals surface area contributed by atoms with Gasteiger partial charge >= 0.3 is 12.6 Å². The molecule has 3 atom stereocenters. The largest absolute Gasteiger partial charge is 0.450 e. The van der Waals surface area contributed by atoms with Crippen LogP contribution in [0.25, 0.3) is 22.3 Å². The van der Waals surface area contributed by atoms with Crippen LogP contribution in [0.1, 0.15) is 57.9 Å². The second-order valence-corrected chi connectivity index (χ2v) is 8.68. The predicted molar refractivity (Wildman–Crippen MR) is 121 cm³/mol. The van der Waals surface area contributed by atoms with Crippen molar-refractivity contribution in [3.63, 3.8) is 0 Å². The third-order valence-corrected chi connectivity index (χ3v) is 6.46. The predicted octanol–water partition coefficient (Wildman–Crippen LogP) is 4.00. The number of hydrogen-bond acceptors (Lipinski definition) is 8. The maximum atomic E-state index is 16.0. The van der Waals surface area contributed by atoms with E-state index in [0.717, 1.165) is 6.07 Å². The van der Waals surface area contributed by atoms with Crippen LogP contribution in [-0.2, 0) is 4.74 Å². The Morgan fingerprint density at radius 2 is 2.03 bits per heavy atom. The average molecular weight is 510 g/mol. The zero-order valence-electron chi connectivity index (χ0n) is 19.1. The van der Waals surface area contributed by atoms with Crippen LogP contribution in [0, 0.1) is 5.82 Å². The molecule has 0 fully saturated rings. The molecule has 2 bridgehead atoms. The molecular weight excluding hydrogens is 493 g/mol. The second kappa shape index (κ2) is 8.37. The number of aromatic nitrogens is 4. The first-order valence-electron chi connectivity index (χ1n) is 11.3. The summed E-state index contributed by atoms with van der Waals surface area (Å²) >= 11 is 0. The fraction of sp³-hybridized carbons (Fsp3) is 0.240. The molecule has 0 radical (unpaired) electrons. The minimum atomic E-state index is -3.37. The number of nitrogens with zero attached hydrogens (tertiary/aromatic N) is 4. The Labute approximate surface area is 206 Å². The zero-order valence-corrected chi connectivity index (χ0v) is 19.1. The van der Waals surface area contributed by atoms with Crippen LogP contribution in [0.3, 0.4) is 0 Å². The number of halogens is 3. The number of aliphatic hydroxyl groups excluding tert-OH is 1. The Bertz CT molecular complexity index is 1600. The molecule has 0 spiro atoms. The first-order chi connectivity index (χ1) is 17.7. The molecule has 9 nitrogen and oxygen atoms in total. The average Bonchev–Trinajstić information content (AvgIpc) is 3.37. The molecule has 6 rings (SSSR count). The van der Waals surface area contributed by atoms with Gasteiger partial charge in [0.1, 0.15) is 6.10 Å². The van der Waals surface area contributed by atoms with Gasteiger partial charge in [0.25, 0.3) is 0 Å². The molecule has 37 heavy (non-hydrogen) atoms. The van der Waals surface area contributed by atoms with Crippen molar-refractivity contribution in [3.8, 4) is 17.0 Å². The highest BCUT2D eigenvalue weighted by atomic mass is 19.3. The number of carbonyl (C=O) groups is 2. The Morgan fingerprint density at radius 3 is 2.78 bits per heavy atom. The van der Waals surface area contributed by atoms with Gasteiger partial charge in [-0.2, -0.15) is 8.78 Å². The van der Waals surface area contributed by atoms with Gasteiger partial charge in [-0.05, 0) is 31.2 Å². The van der Waals surface area contributed by atoms with Crippen molar-refractivity contribution < 1.29 is 37.3 Å². The molecule has 2 aromatic heterocycles. The van der Waals surface area contributed by atoms with Crippen molar-refractivity contribution in [2.45, 2.75) is 38.2 Å². The summed E-state index contributed by atoms with van der Waals surface area (Å²) < 4.78 is 54.2. The van der Waals surface area contributed by atoms with E-state index in [0.29, 0.717) is 16.9 Å². The van der Waals surface area contributed by atoms with E-state index in [1.165, 1.54) is 19.2 Å². The number of aliphatic hydroxyl groups is 1. The van der Waals surface area contributed by atoms with Gasteiger partial charge in [-0.25, -0.2) is 24.1 Å². The quantitative estimate of drug-likeness (QED) is 0.316. The number of alkyl halides is 2. The summed E-state index contributed by atoms with van der Waals surface area (Å²) in [5.41, 5.74) is 0.826. The number of Topliss-reactive ketones (excluding diaryl/α,β-unsaturated/α-hetero) is 1. The fourth-order valence-electron chi connectivity index (χ4n) is 4.97. The fourth-order valence-corrected chi connectivity index (χ4v) is 4.97. The number of carbonyl (C=O) groups excluding carboxylic acids is 2. The van der Waals surface area contributed by atoms with Crippen molar-refractivity contribution in [2.24, 2.45) is 0 Å². The molecule has 4 aromatic rings. The normalized spacial score (nSPS) is 18.8. The Hall–Kier alpha value is -4.32. The number of imidazole rings is 1. The van der Waals surface area contributed by atoms with Gasteiger partial charge in [0.15, 0.2) is 29.3 Å². The number of ketones is 1. The minimum Gasteiger partial charge on any atom is -0.450 e. The van der Waals surface area contributed by atoms with Crippen molar-refractivity contribution in [1.29, 1.82) is 0 Å². The third-order valence-electron chi connectivity index (χ3n) is 6.46. The lowest BCUT2D eigenvalue weighted by Crippen LogP contribution is -2.20. The summed E-state index contributed by atoms with van der Waals surface area (Å²) in [6.07, 6.45) is -0.797. The number of hydrogen-bond donors (Lipinski definition) is 1. The second-order valence-electron chi connectivity index (χ2n) is 8.68. The monoisotopic (exact) mass is 510 g/mol. The van der Waals surface area contributed by atoms with Crippen LogP contribution in [0.15, 0.2) is 42.6 Å². The highest BCUT2D eigenvalue weighted by Gasteiger charge is 2.45. The van der Waals surface area contributed by atoms with Gasteiger partial charge in [0.2, 0.25) is 5.78 Å². The molecule has 12 heteroatoms.